The van der Waals surface area contributed by atoms with Crippen LogP contribution in [-0.2, 0) is 11.8 Å². The molecule has 4 atom stereocenters. The van der Waals surface area contributed by atoms with Crippen LogP contribution in [0.15, 0.2) is 54.9 Å². The van der Waals surface area contributed by atoms with E-state index in [9.17, 15) is 5.11 Å². The minimum atomic E-state index is -0.507. The summed E-state index contributed by atoms with van der Waals surface area (Å²) < 4.78 is 0. The zero-order valence-electron chi connectivity index (χ0n) is 18.8. The summed E-state index contributed by atoms with van der Waals surface area (Å²) >= 11 is 6.53. The molecule has 5 nitrogen and oxygen atoms in total. The SMILES string of the molecule is C[C@@H]1C[C@@H](O)c2ncnc(N3CC4(CCNC(Cc5ccccc5)C4)c4cc(Cl)ccc43)c21. The minimum absolute atomic E-state index is 0.0171. The molecule has 33 heavy (non-hydrogen) atoms. The lowest BCUT2D eigenvalue weighted by Gasteiger charge is -2.40. The van der Waals surface area contributed by atoms with Crippen molar-refractivity contribution in [3.05, 3.63) is 82.3 Å². The molecule has 2 aromatic carbocycles. The highest BCUT2D eigenvalue weighted by molar-refractivity contribution is 6.30. The summed E-state index contributed by atoms with van der Waals surface area (Å²) in [6, 6.07) is 17.4. The van der Waals surface area contributed by atoms with Crippen LogP contribution in [0.1, 0.15) is 60.6 Å². The molecule has 1 aromatic heterocycles. The van der Waals surface area contributed by atoms with Crippen LogP contribution in [0.2, 0.25) is 5.02 Å². The summed E-state index contributed by atoms with van der Waals surface area (Å²) in [5, 5.41) is 15.1. The Hall–Kier alpha value is -2.47. The van der Waals surface area contributed by atoms with Gasteiger partial charge in [0.2, 0.25) is 0 Å². The van der Waals surface area contributed by atoms with Crippen molar-refractivity contribution in [3.8, 4) is 0 Å². The molecule has 2 aliphatic heterocycles. The van der Waals surface area contributed by atoms with Gasteiger partial charge in [-0.25, -0.2) is 9.97 Å². The maximum atomic E-state index is 10.5. The van der Waals surface area contributed by atoms with Crippen molar-refractivity contribution >= 4 is 23.1 Å². The van der Waals surface area contributed by atoms with Crippen LogP contribution in [0.25, 0.3) is 0 Å². The van der Waals surface area contributed by atoms with Gasteiger partial charge < -0.3 is 15.3 Å². The van der Waals surface area contributed by atoms with Crippen molar-refractivity contribution in [2.24, 2.45) is 0 Å². The fourth-order valence-electron chi connectivity index (χ4n) is 6.34. The standard InChI is InChI=1S/C27H29ClN4O/c1-17-11-23(33)25-24(17)26(31-16-30-25)32-15-27(21-13-19(28)7-8-22(21)32)9-10-29-20(14-27)12-18-5-3-2-4-6-18/h2-8,13,16-17,20,23,29,33H,9-12,14-15H2,1H3/t17-,20?,23-,27?/m1/s1. The number of aliphatic hydroxyl groups excluding tert-OH is 1. The van der Waals surface area contributed by atoms with Crippen LogP contribution in [0.3, 0.4) is 0 Å². The van der Waals surface area contributed by atoms with E-state index in [0.29, 0.717) is 12.5 Å². The molecule has 3 aliphatic rings. The summed E-state index contributed by atoms with van der Waals surface area (Å²) in [6.07, 6.45) is 4.94. The molecule has 6 heteroatoms. The molecule has 0 saturated carbocycles. The van der Waals surface area contributed by atoms with E-state index < -0.39 is 6.10 Å². The Kier molecular flexibility index (Phi) is 5.17. The third kappa shape index (κ3) is 3.54. The summed E-state index contributed by atoms with van der Waals surface area (Å²) in [4.78, 5) is 11.6. The van der Waals surface area contributed by atoms with E-state index in [1.165, 1.54) is 16.8 Å². The van der Waals surface area contributed by atoms with E-state index in [0.717, 1.165) is 54.4 Å². The second-order valence-corrected chi connectivity index (χ2v) is 10.4. The maximum Gasteiger partial charge on any atom is 0.140 e. The number of rotatable bonds is 3. The highest BCUT2D eigenvalue weighted by atomic mass is 35.5. The second kappa shape index (κ2) is 8.08. The highest BCUT2D eigenvalue weighted by Gasteiger charge is 2.47. The van der Waals surface area contributed by atoms with Crippen LogP contribution in [-0.4, -0.2) is 34.2 Å². The van der Waals surface area contributed by atoms with Crippen molar-refractivity contribution in [3.63, 3.8) is 0 Å². The van der Waals surface area contributed by atoms with Gasteiger partial charge in [0.05, 0.1) is 11.8 Å². The van der Waals surface area contributed by atoms with Gasteiger partial charge in [-0.15, -0.1) is 0 Å². The Balaban J connectivity index is 1.40. The first kappa shape index (κ1) is 21.1. The summed E-state index contributed by atoms with van der Waals surface area (Å²) in [6.45, 7) is 4.02. The van der Waals surface area contributed by atoms with Crippen LogP contribution in [0.4, 0.5) is 11.5 Å². The van der Waals surface area contributed by atoms with Gasteiger partial charge in [0.15, 0.2) is 0 Å². The Bertz CT molecular complexity index is 1190. The molecule has 1 spiro atoms. The van der Waals surface area contributed by atoms with Gasteiger partial charge in [-0.2, -0.15) is 0 Å². The molecular weight excluding hydrogens is 432 g/mol. The van der Waals surface area contributed by atoms with Gasteiger partial charge in [0.25, 0.3) is 0 Å². The van der Waals surface area contributed by atoms with Gasteiger partial charge in [-0.1, -0.05) is 48.9 Å². The lowest BCUT2D eigenvalue weighted by molar-refractivity contribution is 0.170. The van der Waals surface area contributed by atoms with E-state index in [2.05, 4.69) is 64.6 Å². The number of benzene rings is 2. The quantitative estimate of drug-likeness (QED) is 0.572. The predicted molar refractivity (Wildman–Crippen MR) is 131 cm³/mol. The number of hydrogen-bond acceptors (Lipinski definition) is 5. The average molecular weight is 461 g/mol. The molecule has 2 unspecified atom stereocenters. The molecule has 1 saturated heterocycles. The third-order valence-corrected chi connectivity index (χ3v) is 8.05. The first-order chi connectivity index (χ1) is 16.0. The zero-order valence-corrected chi connectivity index (χ0v) is 19.6. The Morgan fingerprint density at radius 3 is 2.88 bits per heavy atom. The first-order valence-electron chi connectivity index (χ1n) is 11.9. The Labute approximate surface area is 199 Å². The van der Waals surface area contributed by atoms with Gasteiger partial charge in [-0.3, -0.25) is 0 Å². The predicted octanol–water partition coefficient (Wildman–Crippen LogP) is 5.05. The number of aromatic nitrogens is 2. The molecular formula is C27H29ClN4O. The van der Waals surface area contributed by atoms with Crippen molar-refractivity contribution in [2.45, 2.75) is 56.1 Å². The smallest absolute Gasteiger partial charge is 0.140 e. The molecule has 0 radical (unpaired) electrons. The lowest BCUT2D eigenvalue weighted by atomic mass is 9.71. The van der Waals surface area contributed by atoms with Crippen molar-refractivity contribution in [1.82, 2.24) is 15.3 Å². The summed E-state index contributed by atoms with van der Waals surface area (Å²) in [7, 11) is 0. The molecule has 2 N–H and O–H groups in total. The molecule has 170 valence electrons. The van der Waals surface area contributed by atoms with Gasteiger partial charge in [0.1, 0.15) is 12.1 Å². The maximum absolute atomic E-state index is 10.5. The molecule has 1 fully saturated rings. The van der Waals surface area contributed by atoms with Crippen LogP contribution >= 0.6 is 11.6 Å². The largest absolute Gasteiger partial charge is 0.387 e. The Morgan fingerprint density at radius 2 is 2.03 bits per heavy atom. The highest BCUT2D eigenvalue weighted by Crippen LogP contribution is 2.53. The number of anilines is 2. The van der Waals surface area contributed by atoms with Crippen LogP contribution in [0.5, 0.6) is 0 Å². The van der Waals surface area contributed by atoms with Crippen molar-refractivity contribution < 1.29 is 5.11 Å². The minimum Gasteiger partial charge on any atom is -0.387 e. The zero-order chi connectivity index (χ0) is 22.6. The van der Waals surface area contributed by atoms with Crippen LogP contribution < -0.4 is 10.2 Å². The van der Waals surface area contributed by atoms with Crippen molar-refractivity contribution in [1.29, 1.82) is 0 Å². The Morgan fingerprint density at radius 1 is 1.18 bits per heavy atom. The average Bonchev–Trinajstić information content (AvgIpc) is 3.28. The number of nitrogens with zero attached hydrogens (tertiary/aromatic N) is 3. The van der Waals surface area contributed by atoms with Gasteiger partial charge in [-0.05, 0) is 67.5 Å². The number of halogens is 1. The van der Waals surface area contributed by atoms with E-state index >= 15 is 0 Å². The van der Waals surface area contributed by atoms with E-state index in [1.54, 1.807) is 6.33 Å². The van der Waals surface area contributed by atoms with E-state index in [-0.39, 0.29) is 11.3 Å². The molecule has 6 rings (SSSR count). The topological polar surface area (TPSA) is 61.3 Å². The molecule has 3 aromatic rings. The van der Waals surface area contributed by atoms with Gasteiger partial charge >= 0.3 is 0 Å². The number of piperidine rings is 1. The van der Waals surface area contributed by atoms with Crippen LogP contribution in [0, 0.1) is 0 Å². The normalized spacial score (nSPS) is 28.2. The number of nitrogens with one attached hydrogen (secondary N) is 1. The molecule has 0 amide bonds. The number of hydrogen-bond donors (Lipinski definition) is 2. The van der Waals surface area contributed by atoms with E-state index in [1.807, 2.05) is 6.07 Å². The molecule has 1 aliphatic carbocycles. The second-order valence-electron chi connectivity index (χ2n) is 9.97. The lowest BCUT2D eigenvalue weighted by Crippen LogP contribution is -2.49. The van der Waals surface area contributed by atoms with E-state index in [4.69, 9.17) is 16.6 Å². The monoisotopic (exact) mass is 460 g/mol. The number of aliphatic hydroxyl groups is 1. The van der Waals surface area contributed by atoms with Gasteiger partial charge in [0, 0.05) is 34.3 Å². The third-order valence-electron chi connectivity index (χ3n) is 7.81. The molecule has 3 heterocycles. The fraction of sp³-hybridized carbons (Fsp3) is 0.407. The summed E-state index contributed by atoms with van der Waals surface area (Å²) in [5.74, 6) is 1.18. The first-order valence-corrected chi connectivity index (χ1v) is 12.3. The van der Waals surface area contributed by atoms with Crippen molar-refractivity contribution in [2.75, 3.05) is 18.0 Å². The number of fused-ring (bicyclic) bond motifs is 3. The summed E-state index contributed by atoms with van der Waals surface area (Å²) in [5.41, 5.74) is 5.78. The molecule has 0 bridgehead atoms. The fourth-order valence-corrected chi connectivity index (χ4v) is 6.51.